The van der Waals surface area contributed by atoms with Crippen molar-refractivity contribution in [2.75, 3.05) is 31.7 Å². The molecular weight excluding hydrogens is 256 g/mol. The van der Waals surface area contributed by atoms with Crippen LogP contribution in [0.15, 0.2) is 24.3 Å². The van der Waals surface area contributed by atoms with Crippen LogP contribution in [-0.2, 0) is 14.3 Å². The van der Waals surface area contributed by atoms with Crippen molar-refractivity contribution in [2.45, 2.75) is 19.8 Å². The van der Waals surface area contributed by atoms with Crippen molar-refractivity contribution in [2.24, 2.45) is 0 Å². The fraction of sp³-hybridized carbons (Fsp3) is 0.467. The summed E-state index contributed by atoms with van der Waals surface area (Å²) in [6.07, 6.45) is 1.27. The molecule has 1 aromatic carbocycles. The van der Waals surface area contributed by atoms with Crippen LogP contribution in [0.2, 0.25) is 0 Å². The molecule has 0 saturated carbocycles. The van der Waals surface area contributed by atoms with Crippen molar-refractivity contribution in [1.82, 2.24) is 0 Å². The number of carbonyl (C=O) groups excluding carboxylic acids is 1. The van der Waals surface area contributed by atoms with Crippen LogP contribution in [0.5, 0.6) is 0 Å². The van der Waals surface area contributed by atoms with Crippen molar-refractivity contribution < 1.29 is 14.3 Å². The zero-order chi connectivity index (χ0) is 14.6. The lowest BCUT2D eigenvalue weighted by Crippen LogP contribution is -2.15. The minimum atomic E-state index is -0.130. The number of nitriles is 1. The molecule has 1 aromatic rings. The standard InChI is InChI=1S/C15H20N2O3/c1-2-7-19-9-10-20-8-6-15(18)17-14-5-3-4-13(11-14)12-16/h3-5,11H,2,6-10H2,1H3,(H,17,18). The second kappa shape index (κ2) is 9.96. The Labute approximate surface area is 119 Å². The molecule has 0 aliphatic rings. The van der Waals surface area contributed by atoms with Gasteiger partial charge in [0.2, 0.25) is 5.91 Å². The fourth-order valence-corrected chi connectivity index (χ4v) is 1.52. The Morgan fingerprint density at radius 2 is 2.00 bits per heavy atom. The third-order valence-electron chi connectivity index (χ3n) is 2.47. The first kappa shape index (κ1) is 16.2. The molecule has 0 heterocycles. The van der Waals surface area contributed by atoms with Gasteiger partial charge in [0.05, 0.1) is 37.9 Å². The molecule has 1 N–H and O–H groups in total. The number of rotatable bonds is 9. The summed E-state index contributed by atoms with van der Waals surface area (Å²) in [6.45, 7) is 4.20. The van der Waals surface area contributed by atoms with Gasteiger partial charge in [-0.15, -0.1) is 0 Å². The van der Waals surface area contributed by atoms with E-state index in [0.717, 1.165) is 13.0 Å². The zero-order valence-electron chi connectivity index (χ0n) is 11.7. The number of anilines is 1. The molecule has 0 aromatic heterocycles. The molecule has 20 heavy (non-hydrogen) atoms. The highest BCUT2D eigenvalue weighted by atomic mass is 16.5. The molecule has 0 unspecified atom stereocenters. The predicted octanol–water partition coefficient (Wildman–Crippen LogP) is 2.33. The molecule has 0 radical (unpaired) electrons. The van der Waals surface area contributed by atoms with Crippen molar-refractivity contribution in [3.05, 3.63) is 29.8 Å². The van der Waals surface area contributed by atoms with Gasteiger partial charge in [-0.25, -0.2) is 0 Å². The maximum absolute atomic E-state index is 11.6. The van der Waals surface area contributed by atoms with E-state index in [0.29, 0.717) is 31.1 Å². The van der Waals surface area contributed by atoms with Gasteiger partial charge in [-0.3, -0.25) is 4.79 Å². The second-order valence-corrected chi connectivity index (χ2v) is 4.22. The molecule has 5 heteroatoms. The molecular formula is C15H20N2O3. The maximum atomic E-state index is 11.6. The van der Waals surface area contributed by atoms with Crippen LogP contribution < -0.4 is 5.32 Å². The van der Waals surface area contributed by atoms with E-state index in [4.69, 9.17) is 14.7 Å². The van der Waals surface area contributed by atoms with E-state index in [1.54, 1.807) is 24.3 Å². The number of ether oxygens (including phenoxy) is 2. The monoisotopic (exact) mass is 276 g/mol. The van der Waals surface area contributed by atoms with Crippen molar-refractivity contribution in [3.8, 4) is 6.07 Å². The summed E-state index contributed by atoms with van der Waals surface area (Å²) in [5, 5.41) is 11.5. The number of hydrogen-bond donors (Lipinski definition) is 1. The molecule has 108 valence electrons. The Morgan fingerprint density at radius 1 is 1.25 bits per heavy atom. The normalized spacial score (nSPS) is 10.0. The number of nitrogens with zero attached hydrogens (tertiary/aromatic N) is 1. The largest absolute Gasteiger partial charge is 0.379 e. The summed E-state index contributed by atoms with van der Waals surface area (Å²) >= 11 is 0. The van der Waals surface area contributed by atoms with E-state index < -0.39 is 0 Å². The SMILES string of the molecule is CCCOCCOCCC(=O)Nc1cccc(C#N)c1. The number of hydrogen-bond acceptors (Lipinski definition) is 4. The summed E-state index contributed by atoms with van der Waals surface area (Å²) in [6, 6.07) is 8.83. The average molecular weight is 276 g/mol. The molecule has 1 rings (SSSR count). The van der Waals surface area contributed by atoms with Crippen LogP contribution in [0.1, 0.15) is 25.3 Å². The van der Waals surface area contributed by atoms with E-state index in [1.165, 1.54) is 0 Å². The summed E-state index contributed by atoms with van der Waals surface area (Å²) in [4.78, 5) is 11.6. The maximum Gasteiger partial charge on any atom is 0.226 e. The molecule has 0 aliphatic heterocycles. The van der Waals surface area contributed by atoms with Crippen molar-refractivity contribution >= 4 is 11.6 Å². The highest BCUT2D eigenvalue weighted by Crippen LogP contribution is 2.09. The summed E-state index contributed by atoms with van der Waals surface area (Å²) in [7, 11) is 0. The van der Waals surface area contributed by atoms with Crippen molar-refractivity contribution in [1.29, 1.82) is 5.26 Å². The molecule has 0 aliphatic carbocycles. The summed E-state index contributed by atoms with van der Waals surface area (Å²) in [5.74, 6) is -0.130. The molecule has 0 atom stereocenters. The topological polar surface area (TPSA) is 71.3 Å². The highest BCUT2D eigenvalue weighted by Gasteiger charge is 2.03. The lowest BCUT2D eigenvalue weighted by atomic mass is 10.2. The van der Waals surface area contributed by atoms with Crippen LogP contribution in [-0.4, -0.2) is 32.3 Å². The number of carbonyl (C=O) groups is 1. The van der Waals surface area contributed by atoms with E-state index in [-0.39, 0.29) is 12.3 Å². The second-order valence-electron chi connectivity index (χ2n) is 4.22. The van der Waals surface area contributed by atoms with E-state index in [9.17, 15) is 4.79 Å². The van der Waals surface area contributed by atoms with Gasteiger partial charge in [-0.05, 0) is 24.6 Å². The summed E-state index contributed by atoms with van der Waals surface area (Å²) < 4.78 is 10.6. The molecule has 1 amide bonds. The number of benzene rings is 1. The van der Waals surface area contributed by atoms with Gasteiger partial charge in [0.1, 0.15) is 0 Å². The number of amides is 1. The van der Waals surface area contributed by atoms with Gasteiger partial charge in [-0.1, -0.05) is 13.0 Å². The van der Waals surface area contributed by atoms with E-state index in [2.05, 4.69) is 5.32 Å². The zero-order valence-corrected chi connectivity index (χ0v) is 11.7. The van der Waals surface area contributed by atoms with Gasteiger partial charge < -0.3 is 14.8 Å². The third kappa shape index (κ3) is 6.88. The predicted molar refractivity (Wildman–Crippen MR) is 76.3 cm³/mol. The Hall–Kier alpha value is -1.90. The van der Waals surface area contributed by atoms with Crippen LogP contribution in [0.4, 0.5) is 5.69 Å². The first-order chi connectivity index (χ1) is 9.76. The lowest BCUT2D eigenvalue weighted by molar-refractivity contribution is -0.117. The van der Waals surface area contributed by atoms with Gasteiger partial charge >= 0.3 is 0 Å². The number of nitrogens with one attached hydrogen (secondary N) is 1. The lowest BCUT2D eigenvalue weighted by Gasteiger charge is -2.06. The van der Waals surface area contributed by atoms with Gasteiger partial charge in [-0.2, -0.15) is 5.26 Å². The van der Waals surface area contributed by atoms with E-state index in [1.807, 2.05) is 13.0 Å². The smallest absolute Gasteiger partial charge is 0.226 e. The Bertz CT molecular complexity index is 455. The Morgan fingerprint density at radius 3 is 2.70 bits per heavy atom. The van der Waals surface area contributed by atoms with Gasteiger partial charge in [0.25, 0.3) is 0 Å². The minimum absolute atomic E-state index is 0.130. The van der Waals surface area contributed by atoms with Gasteiger partial charge in [0, 0.05) is 12.3 Å². The molecule has 0 fully saturated rings. The van der Waals surface area contributed by atoms with Gasteiger partial charge in [0.15, 0.2) is 0 Å². The highest BCUT2D eigenvalue weighted by molar-refractivity contribution is 5.90. The molecule has 0 spiro atoms. The van der Waals surface area contributed by atoms with Crippen molar-refractivity contribution in [3.63, 3.8) is 0 Å². The molecule has 5 nitrogen and oxygen atoms in total. The third-order valence-corrected chi connectivity index (χ3v) is 2.47. The first-order valence-corrected chi connectivity index (χ1v) is 6.71. The fourth-order valence-electron chi connectivity index (χ4n) is 1.52. The molecule has 0 saturated heterocycles. The van der Waals surface area contributed by atoms with Crippen LogP contribution in [0.3, 0.4) is 0 Å². The molecule has 0 bridgehead atoms. The Balaban J connectivity index is 2.15. The van der Waals surface area contributed by atoms with Crippen LogP contribution in [0, 0.1) is 11.3 Å². The van der Waals surface area contributed by atoms with Crippen LogP contribution in [0.25, 0.3) is 0 Å². The Kier molecular flexibility index (Phi) is 8.04. The minimum Gasteiger partial charge on any atom is -0.379 e. The van der Waals surface area contributed by atoms with Crippen LogP contribution >= 0.6 is 0 Å². The van der Waals surface area contributed by atoms with E-state index >= 15 is 0 Å². The quantitative estimate of drug-likeness (QED) is 0.703. The average Bonchev–Trinajstić information content (AvgIpc) is 2.46. The summed E-state index contributed by atoms with van der Waals surface area (Å²) in [5.41, 5.74) is 1.15. The first-order valence-electron chi connectivity index (χ1n) is 6.71.